The van der Waals surface area contributed by atoms with Gasteiger partial charge in [-0.15, -0.1) is 0 Å². The second kappa shape index (κ2) is 9.02. The van der Waals surface area contributed by atoms with E-state index < -0.39 is 0 Å². The maximum Gasteiger partial charge on any atom is 0.274 e. The van der Waals surface area contributed by atoms with Gasteiger partial charge in [-0.3, -0.25) is 14.6 Å². The molecule has 1 aliphatic heterocycles. The first-order valence-corrected chi connectivity index (χ1v) is 10.8. The molecular formula is C24H25ClN4O2. The molecule has 1 amide bonds. The molecule has 6 nitrogen and oxygen atoms in total. The summed E-state index contributed by atoms with van der Waals surface area (Å²) in [5.74, 6) is 0.0133. The van der Waals surface area contributed by atoms with Gasteiger partial charge in [0, 0.05) is 48.5 Å². The smallest absolute Gasteiger partial charge is 0.274 e. The third kappa shape index (κ3) is 4.85. The van der Waals surface area contributed by atoms with E-state index in [0.29, 0.717) is 18.8 Å². The van der Waals surface area contributed by atoms with Crippen LogP contribution in [0.1, 0.15) is 51.8 Å². The van der Waals surface area contributed by atoms with Gasteiger partial charge in [0.25, 0.3) is 11.5 Å². The molecular weight excluding hydrogens is 412 g/mol. The van der Waals surface area contributed by atoms with Crippen LogP contribution < -0.4 is 5.56 Å². The molecule has 3 heterocycles. The number of hydrogen-bond acceptors (Lipinski definition) is 4. The van der Waals surface area contributed by atoms with E-state index in [1.807, 2.05) is 36.1 Å². The first kappa shape index (κ1) is 21.2. The number of carbonyl (C=O) groups is 1. The Bertz CT molecular complexity index is 1170. The lowest BCUT2D eigenvalue weighted by atomic mass is 9.92. The quantitative estimate of drug-likeness (QED) is 0.624. The molecule has 3 aromatic rings. The Balaban J connectivity index is 1.54. The number of likely N-dealkylation sites (tertiary alicyclic amines) is 1. The van der Waals surface area contributed by atoms with E-state index in [1.165, 1.54) is 22.4 Å². The number of piperidine rings is 1. The van der Waals surface area contributed by atoms with Crippen molar-refractivity contribution < 1.29 is 4.79 Å². The maximum atomic E-state index is 13.0. The summed E-state index contributed by atoms with van der Waals surface area (Å²) in [6, 6.07) is 15.0. The average molecular weight is 437 g/mol. The second-order valence-corrected chi connectivity index (χ2v) is 8.49. The molecule has 4 rings (SSSR count). The van der Waals surface area contributed by atoms with Crippen LogP contribution >= 0.6 is 11.6 Å². The molecule has 1 aliphatic rings. The molecule has 1 atom stereocenters. The van der Waals surface area contributed by atoms with Crippen LogP contribution in [0.3, 0.4) is 0 Å². The number of benzene rings is 1. The lowest BCUT2D eigenvalue weighted by Crippen LogP contribution is -2.40. The van der Waals surface area contributed by atoms with E-state index in [1.54, 1.807) is 7.05 Å². The number of aromatic nitrogens is 3. The van der Waals surface area contributed by atoms with Crippen molar-refractivity contribution in [1.82, 2.24) is 19.7 Å². The van der Waals surface area contributed by atoms with Gasteiger partial charge in [-0.2, -0.15) is 5.10 Å². The third-order valence-electron chi connectivity index (χ3n) is 5.69. The van der Waals surface area contributed by atoms with Gasteiger partial charge in [0.05, 0.1) is 0 Å². The predicted molar refractivity (Wildman–Crippen MR) is 121 cm³/mol. The number of aryl methyl sites for hydroxylation is 2. The van der Waals surface area contributed by atoms with Crippen molar-refractivity contribution in [2.45, 2.75) is 32.1 Å². The third-order valence-corrected chi connectivity index (χ3v) is 6.06. The summed E-state index contributed by atoms with van der Waals surface area (Å²) in [7, 11) is 1.55. The minimum absolute atomic E-state index is 0.149. The molecule has 160 valence electrons. The van der Waals surface area contributed by atoms with Crippen molar-refractivity contribution in [1.29, 1.82) is 0 Å². The molecule has 0 bridgehead atoms. The number of amides is 1. The van der Waals surface area contributed by atoms with E-state index in [0.717, 1.165) is 41.2 Å². The summed E-state index contributed by atoms with van der Waals surface area (Å²) in [5, 5.41) is 4.88. The van der Waals surface area contributed by atoms with Gasteiger partial charge >= 0.3 is 0 Å². The zero-order valence-corrected chi connectivity index (χ0v) is 18.5. The maximum absolute atomic E-state index is 13.0. The summed E-state index contributed by atoms with van der Waals surface area (Å²) in [4.78, 5) is 31.1. The number of rotatable bonds is 4. The van der Waals surface area contributed by atoms with Gasteiger partial charge in [0.2, 0.25) is 0 Å². The van der Waals surface area contributed by atoms with Gasteiger partial charge in [0.15, 0.2) is 0 Å². The van der Waals surface area contributed by atoms with E-state index in [2.05, 4.69) is 17.2 Å². The van der Waals surface area contributed by atoms with Crippen LogP contribution in [-0.2, 0) is 13.5 Å². The second-order valence-electron chi connectivity index (χ2n) is 8.08. The first-order chi connectivity index (χ1) is 14.9. The van der Waals surface area contributed by atoms with Gasteiger partial charge in [-0.1, -0.05) is 29.8 Å². The zero-order valence-electron chi connectivity index (χ0n) is 17.7. The molecule has 7 heteroatoms. The summed E-state index contributed by atoms with van der Waals surface area (Å²) < 4.78 is 1.19. The standard InChI is InChI=1S/C24H25ClN4O2/c1-16-12-17(13-18-6-3-4-8-20(18)25)14-22(26-16)19-7-5-11-29(15-19)24(31)21-9-10-23(30)28(2)27-21/h3-4,6,8-10,12,14,19H,5,7,11,13,15H2,1-2H3. The summed E-state index contributed by atoms with van der Waals surface area (Å²) in [5.41, 5.74) is 4.28. The van der Waals surface area contributed by atoms with Crippen LogP contribution in [0.15, 0.2) is 53.3 Å². The minimum Gasteiger partial charge on any atom is -0.337 e. The van der Waals surface area contributed by atoms with Crippen molar-refractivity contribution in [2.75, 3.05) is 13.1 Å². The van der Waals surface area contributed by atoms with Crippen LogP contribution in [-0.4, -0.2) is 38.7 Å². The monoisotopic (exact) mass is 436 g/mol. The van der Waals surface area contributed by atoms with E-state index >= 15 is 0 Å². The van der Waals surface area contributed by atoms with Gasteiger partial charge < -0.3 is 4.90 Å². The lowest BCUT2D eigenvalue weighted by molar-refractivity contribution is 0.0697. The predicted octanol–water partition coefficient (Wildman–Crippen LogP) is 3.75. The van der Waals surface area contributed by atoms with Gasteiger partial charge in [0.1, 0.15) is 5.69 Å². The summed E-state index contributed by atoms with van der Waals surface area (Å²) in [6.07, 6.45) is 2.62. The van der Waals surface area contributed by atoms with E-state index in [4.69, 9.17) is 16.6 Å². The summed E-state index contributed by atoms with van der Waals surface area (Å²) in [6.45, 7) is 3.27. The Kier molecular flexibility index (Phi) is 6.18. The normalized spacial score (nSPS) is 16.4. The first-order valence-electron chi connectivity index (χ1n) is 10.4. The molecule has 1 unspecified atom stereocenters. The van der Waals surface area contributed by atoms with Crippen molar-refractivity contribution >= 4 is 17.5 Å². The molecule has 31 heavy (non-hydrogen) atoms. The Hall–Kier alpha value is -2.99. The molecule has 1 fully saturated rings. The Morgan fingerprint density at radius 2 is 2.00 bits per heavy atom. The highest BCUT2D eigenvalue weighted by Gasteiger charge is 2.27. The number of nitrogens with zero attached hydrogens (tertiary/aromatic N) is 4. The van der Waals surface area contributed by atoms with Crippen LogP contribution in [0.5, 0.6) is 0 Å². The Morgan fingerprint density at radius 1 is 1.19 bits per heavy atom. The van der Waals surface area contributed by atoms with Crippen LogP contribution in [0, 0.1) is 6.92 Å². The van der Waals surface area contributed by atoms with Crippen LogP contribution in [0.2, 0.25) is 5.02 Å². The highest BCUT2D eigenvalue weighted by atomic mass is 35.5. The Labute approximate surface area is 186 Å². The highest BCUT2D eigenvalue weighted by molar-refractivity contribution is 6.31. The van der Waals surface area contributed by atoms with Crippen LogP contribution in [0.25, 0.3) is 0 Å². The molecule has 1 aromatic carbocycles. The SMILES string of the molecule is Cc1cc(Cc2ccccc2Cl)cc(C2CCCN(C(=O)c3ccc(=O)n(C)n3)C2)n1. The number of hydrogen-bond donors (Lipinski definition) is 0. The molecule has 2 aromatic heterocycles. The fourth-order valence-corrected chi connectivity index (χ4v) is 4.32. The van der Waals surface area contributed by atoms with Gasteiger partial charge in [-0.25, -0.2) is 4.68 Å². The van der Waals surface area contributed by atoms with E-state index in [-0.39, 0.29) is 17.4 Å². The van der Waals surface area contributed by atoms with Gasteiger partial charge in [-0.05, 0) is 61.6 Å². The number of halogens is 1. The molecule has 0 saturated carbocycles. The molecule has 0 aliphatic carbocycles. The van der Waals surface area contributed by atoms with Crippen molar-refractivity contribution in [3.05, 3.63) is 92.1 Å². The largest absolute Gasteiger partial charge is 0.337 e. The molecule has 0 radical (unpaired) electrons. The fourth-order valence-electron chi connectivity index (χ4n) is 4.12. The van der Waals surface area contributed by atoms with Crippen molar-refractivity contribution in [3.8, 4) is 0 Å². The van der Waals surface area contributed by atoms with Crippen LogP contribution in [0.4, 0.5) is 0 Å². The van der Waals surface area contributed by atoms with Crippen molar-refractivity contribution in [3.63, 3.8) is 0 Å². The average Bonchev–Trinajstić information content (AvgIpc) is 2.76. The highest BCUT2D eigenvalue weighted by Crippen LogP contribution is 2.28. The topological polar surface area (TPSA) is 68.1 Å². The minimum atomic E-state index is -0.233. The Morgan fingerprint density at radius 3 is 2.77 bits per heavy atom. The van der Waals surface area contributed by atoms with E-state index in [9.17, 15) is 9.59 Å². The lowest BCUT2D eigenvalue weighted by Gasteiger charge is -2.32. The molecule has 0 spiro atoms. The summed E-state index contributed by atoms with van der Waals surface area (Å²) >= 11 is 6.35. The zero-order chi connectivity index (χ0) is 22.0. The number of pyridine rings is 1. The number of carbonyl (C=O) groups excluding carboxylic acids is 1. The molecule has 0 N–H and O–H groups in total. The van der Waals surface area contributed by atoms with Crippen molar-refractivity contribution in [2.24, 2.45) is 7.05 Å². The fraction of sp³-hybridized carbons (Fsp3) is 0.333. The molecule has 1 saturated heterocycles.